The van der Waals surface area contributed by atoms with Gasteiger partial charge in [-0.2, -0.15) is 10.2 Å². The molecule has 32 heavy (non-hydrogen) atoms. The van der Waals surface area contributed by atoms with Crippen LogP contribution in [0.5, 0.6) is 0 Å². The molecule has 5 aromatic rings. The second-order valence-electron chi connectivity index (χ2n) is 8.88. The van der Waals surface area contributed by atoms with Gasteiger partial charge in [-0.05, 0) is 56.2 Å². The lowest BCUT2D eigenvalue weighted by molar-refractivity contribution is -0.122. The van der Waals surface area contributed by atoms with E-state index in [9.17, 15) is 4.79 Å². The number of H-pyrrole nitrogens is 2. The number of likely N-dealkylation sites (N-methyl/N-ethyl adjacent to an activating group) is 1. The monoisotopic (exact) mass is 425 g/mol. The van der Waals surface area contributed by atoms with Crippen LogP contribution in [0.25, 0.3) is 44.6 Å². The van der Waals surface area contributed by atoms with E-state index in [2.05, 4.69) is 38.5 Å². The van der Waals surface area contributed by atoms with Crippen molar-refractivity contribution >= 4 is 33.5 Å². The van der Waals surface area contributed by atoms with Gasteiger partial charge in [0.25, 0.3) is 0 Å². The van der Waals surface area contributed by atoms with E-state index in [1.165, 1.54) is 0 Å². The topological polar surface area (TPSA) is 95.5 Å². The molecule has 0 fully saturated rings. The van der Waals surface area contributed by atoms with Gasteiger partial charge in [0, 0.05) is 30.7 Å². The van der Waals surface area contributed by atoms with E-state index in [0.717, 1.165) is 50.0 Å². The van der Waals surface area contributed by atoms with Crippen LogP contribution in [0, 0.1) is 0 Å². The number of aryl methyl sites for hydroxylation is 1. The number of rotatable bonds is 3. The summed E-state index contributed by atoms with van der Waals surface area (Å²) in [4.78, 5) is 22.9. The fourth-order valence-corrected chi connectivity index (χ4v) is 4.71. The summed E-state index contributed by atoms with van der Waals surface area (Å²) < 4.78 is 1.79. The Hall–Kier alpha value is -3.94. The lowest BCUT2D eigenvalue weighted by atomic mass is 9.86. The highest BCUT2D eigenvalue weighted by molar-refractivity contribution is 6.09. The van der Waals surface area contributed by atoms with Gasteiger partial charge in [-0.1, -0.05) is 6.07 Å². The number of nitrogens with zero attached hydrogens (tertiary/aromatic N) is 5. The van der Waals surface area contributed by atoms with Crippen LogP contribution in [0.2, 0.25) is 0 Å². The number of fused-ring (bicyclic) bond motifs is 3. The fraction of sp³-hybridized carbons (Fsp3) is 0.250. The largest absolute Gasteiger partial charge is 0.337 e. The molecule has 160 valence electrons. The molecule has 0 radical (unpaired) electrons. The number of hydrogen-bond donors (Lipinski definition) is 2. The minimum Gasteiger partial charge on any atom is -0.337 e. The first kappa shape index (κ1) is 18.8. The first-order chi connectivity index (χ1) is 15.4. The number of benzene rings is 2. The number of aromatic amines is 2. The van der Waals surface area contributed by atoms with E-state index in [1.54, 1.807) is 4.68 Å². The molecule has 3 aromatic heterocycles. The van der Waals surface area contributed by atoms with Gasteiger partial charge in [-0.3, -0.25) is 14.6 Å². The lowest BCUT2D eigenvalue weighted by Gasteiger charge is -2.18. The Kier molecular flexibility index (Phi) is 3.69. The van der Waals surface area contributed by atoms with Crippen LogP contribution < -0.4 is 4.90 Å². The van der Waals surface area contributed by atoms with Gasteiger partial charge in [0.15, 0.2) is 5.82 Å². The highest BCUT2D eigenvalue weighted by atomic mass is 16.2. The third kappa shape index (κ3) is 2.49. The van der Waals surface area contributed by atoms with Crippen LogP contribution in [0.3, 0.4) is 0 Å². The molecule has 0 atom stereocenters. The van der Waals surface area contributed by atoms with Crippen molar-refractivity contribution in [2.45, 2.75) is 26.2 Å². The van der Waals surface area contributed by atoms with Crippen molar-refractivity contribution in [2.24, 2.45) is 7.05 Å². The van der Waals surface area contributed by atoms with Gasteiger partial charge in [0.1, 0.15) is 5.69 Å². The summed E-state index contributed by atoms with van der Waals surface area (Å²) >= 11 is 0. The first-order valence-corrected chi connectivity index (χ1v) is 10.7. The summed E-state index contributed by atoms with van der Waals surface area (Å²) in [6.07, 6.45) is 3.84. The maximum absolute atomic E-state index is 12.8. The van der Waals surface area contributed by atoms with Gasteiger partial charge in [-0.15, -0.1) is 0 Å². The molecule has 2 N–H and O–H groups in total. The summed E-state index contributed by atoms with van der Waals surface area (Å²) in [5.41, 5.74) is 6.99. The maximum Gasteiger partial charge on any atom is 0.237 e. The molecule has 0 unspecified atom stereocenters. The lowest BCUT2D eigenvalue weighted by Crippen LogP contribution is -2.35. The number of carbonyl (C=O) groups is 1. The zero-order chi connectivity index (χ0) is 22.2. The highest BCUT2D eigenvalue weighted by Crippen LogP contribution is 2.43. The van der Waals surface area contributed by atoms with Gasteiger partial charge in [-0.25, -0.2) is 4.98 Å². The van der Waals surface area contributed by atoms with Crippen molar-refractivity contribution in [3.8, 4) is 22.6 Å². The van der Waals surface area contributed by atoms with Crippen molar-refractivity contribution in [3.63, 3.8) is 0 Å². The number of hydrogen-bond acceptors (Lipinski definition) is 4. The van der Waals surface area contributed by atoms with Crippen LogP contribution in [-0.4, -0.2) is 42.4 Å². The molecule has 8 heteroatoms. The number of imidazole rings is 1. The van der Waals surface area contributed by atoms with E-state index in [0.29, 0.717) is 12.4 Å². The molecule has 0 aliphatic carbocycles. The molecule has 0 saturated heterocycles. The van der Waals surface area contributed by atoms with Gasteiger partial charge in [0.2, 0.25) is 5.91 Å². The summed E-state index contributed by atoms with van der Waals surface area (Å²) in [7, 11) is 1.91. The van der Waals surface area contributed by atoms with Gasteiger partial charge in [0.05, 0.1) is 33.8 Å². The Morgan fingerprint density at radius 2 is 1.94 bits per heavy atom. The molecule has 1 aliphatic rings. The van der Waals surface area contributed by atoms with Gasteiger partial charge >= 0.3 is 0 Å². The van der Waals surface area contributed by atoms with Gasteiger partial charge < -0.3 is 9.88 Å². The molecule has 0 spiro atoms. The van der Waals surface area contributed by atoms with E-state index >= 15 is 0 Å². The molecule has 6 rings (SSSR count). The predicted molar refractivity (Wildman–Crippen MR) is 124 cm³/mol. The molecule has 2 aromatic carbocycles. The van der Waals surface area contributed by atoms with Crippen LogP contribution in [0.4, 0.5) is 5.69 Å². The Bertz CT molecular complexity index is 1530. The average molecular weight is 425 g/mol. The van der Waals surface area contributed by atoms with E-state index < -0.39 is 5.41 Å². The van der Waals surface area contributed by atoms with Crippen LogP contribution in [0.1, 0.15) is 26.3 Å². The number of amides is 1. The maximum atomic E-state index is 12.8. The Balaban J connectivity index is 1.46. The molecule has 0 saturated carbocycles. The molecular weight excluding hydrogens is 402 g/mol. The average Bonchev–Trinajstić information content (AvgIpc) is 3.52. The predicted octanol–water partition coefficient (Wildman–Crippen LogP) is 4.15. The second-order valence-corrected chi connectivity index (χ2v) is 8.88. The van der Waals surface area contributed by atoms with Crippen molar-refractivity contribution in [2.75, 3.05) is 11.4 Å². The summed E-state index contributed by atoms with van der Waals surface area (Å²) in [5.74, 6) is 0.835. The van der Waals surface area contributed by atoms with E-state index in [-0.39, 0.29) is 5.91 Å². The van der Waals surface area contributed by atoms with Crippen LogP contribution in [-0.2, 0) is 17.3 Å². The summed E-state index contributed by atoms with van der Waals surface area (Å²) in [5, 5.41) is 12.9. The third-order valence-electron chi connectivity index (χ3n) is 6.48. The minimum atomic E-state index is -0.555. The fourth-order valence-electron chi connectivity index (χ4n) is 4.71. The zero-order valence-electron chi connectivity index (χ0n) is 18.4. The highest BCUT2D eigenvalue weighted by Gasteiger charge is 2.43. The molecular formula is C24H23N7O. The minimum absolute atomic E-state index is 0.130. The first-order valence-electron chi connectivity index (χ1n) is 10.7. The smallest absolute Gasteiger partial charge is 0.237 e. The molecule has 1 amide bonds. The van der Waals surface area contributed by atoms with Crippen molar-refractivity contribution in [1.29, 1.82) is 0 Å². The number of aromatic nitrogens is 6. The Morgan fingerprint density at radius 1 is 1.09 bits per heavy atom. The van der Waals surface area contributed by atoms with E-state index in [4.69, 9.17) is 4.98 Å². The third-order valence-corrected chi connectivity index (χ3v) is 6.48. The normalized spacial score (nSPS) is 15.2. The Labute approximate surface area is 184 Å². The molecule has 4 heterocycles. The number of carbonyl (C=O) groups excluding carboxylic acids is 1. The summed E-state index contributed by atoms with van der Waals surface area (Å²) in [6, 6.07) is 10.3. The van der Waals surface area contributed by atoms with Crippen LogP contribution >= 0.6 is 0 Å². The van der Waals surface area contributed by atoms with Crippen molar-refractivity contribution < 1.29 is 4.79 Å². The van der Waals surface area contributed by atoms with Crippen molar-refractivity contribution in [3.05, 3.63) is 48.3 Å². The number of anilines is 1. The molecule has 8 nitrogen and oxygen atoms in total. The van der Waals surface area contributed by atoms with E-state index in [1.807, 2.05) is 57.2 Å². The SMILES string of the molecule is CCN1C(=O)C(C)(C)c2cc3nc(-c4n[nH]c5cc(-c6cnn(C)c6)ccc45)[nH]c3cc21. The quantitative estimate of drug-likeness (QED) is 0.454. The summed E-state index contributed by atoms with van der Waals surface area (Å²) in [6.45, 7) is 6.60. The molecule has 0 bridgehead atoms. The van der Waals surface area contributed by atoms with Crippen LogP contribution in [0.15, 0.2) is 42.7 Å². The standard InChI is InChI=1S/C24H23N7O/c1-5-31-20-10-19-18(9-16(20)24(2,3)23(31)32)26-22(27-19)21-15-7-6-13(8-17(15)28-29-21)14-11-25-30(4)12-14/h6-12H,5H2,1-4H3,(H,26,27)(H,28,29). The van der Waals surface area contributed by atoms with Crippen molar-refractivity contribution in [1.82, 2.24) is 29.9 Å². The second kappa shape index (κ2) is 6.29. The zero-order valence-corrected chi connectivity index (χ0v) is 18.4. The number of nitrogens with one attached hydrogen (secondary N) is 2. The Morgan fingerprint density at radius 3 is 2.69 bits per heavy atom. The molecule has 1 aliphatic heterocycles.